The second-order valence-corrected chi connectivity index (χ2v) is 5.16. The van der Waals surface area contributed by atoms with E-state index >= 15 is 0 Å². The lowest BCUT2D eigenvalue weighted by atomic mass is 10.1. The minimum Gasteiger partial charge on any atom is -0.481 e. The van der Waals surface area contributed by atoms with Gasteiger partial charge in [-0.05, 0) is 24.5 Å². The fourth-order valence-corrected chi connectivity index (χ4v) is 2.52. The standard InChI is InChI=1S/C14H16ClNO3.ClH/c15-12-4-2-1-3-10(12)5-6-13(17)16-8-7-11(9-16)14(18)19;/h1-4,11H,5-9H2,(H,18,19);1H. The van der Waals surface area contributed by atoms with Gasteiger partial charge in [0.1, 0.15) is 0 Å². The molecule has 0 saturated carbocycles. The number of hydrogen-bond donors (Lipinski definition) is 1. The molecule has 0 aliphatic carbocycles. The molecule has 6 heteroatoms. The van der Waals surface area contributed by atoms with Crippen LogP contribution in [0.1, 0.15) is 18.4 Å². The van der Waals surface area contributed by atoms with E-state index in [0.29, 0.717) is 37.4 Å². The van der Waals surface area contributed by atoms with Crippen molar-refractivity contribution in [3.8, 4) is 0 Å². The van der Waals surface area contributed by atoms with E-state index in [1.807, 2.05) is 18.2 Å². The topological polar surface area (TPSA) is 57.6 Å². The van der Waals surface area contributed by atoms with E-state index in [1.54, 1.807) is 11.0 Å². The van der Waals surface area contributed by atoms with Crippen molar-refractivity contribution >= 4 is 35.9 Å². The number of carboxylic acids is 1. The number of nitrogens with zero attached hydrogens (tertiary/aromatic N) is 1. The van der Waals surface area contributed by atoms with E-state index in [0.717, 1.165) is 5.56 Å². The van der Waals surface area contributed by atoms with Crippen molar-refractivity contribution in [2.24, 2.45) is 5.92 Å². The highest BCUT2D eigenvalue weighted by atomic mass is 35.5. The summed E-state index contributed by atoms with van der Waals surface area (Å²) >= 11 is 6.03. The average molecular weight is 318 g/mol. The predicted octanol–water partition coefficient (Wildman–Crippen LogP) is 2.63. The van der Waals surface area contributed by atoms with E-state index < -0.39 is 11.9 Å². The zero-order chi connectivity index (χ0) is 13.8. The number of benzene rings is 1. The van der Waals surface area contributed by atoms with Gasteiger partial charge in [0.25, 0.3) is 0 Å². The Morgan fingerprint density at radius 1 is 1.35 bits per heavy atom. The summed E-state index contributed by atoms with van der Waals surface area (Å²) in [6.45, 7) is 0.870. The molecule has 1 amide bonds. The number of carbonyl (C=O) groups is 2. The highest BCUT2D eigenvalue weighted by Crippen LogP contribution is 2.20. The van der Waals surface area contributed by atoms with E-state index in [1.165, 1.54) is 0 Å². The average Bonchev–Trinajstić information content (AvgIpc) is 2.87. The van der Waals surface area contributed by atoms with Crippen molar-refractivity contribution in [3.63, 3.8) is 0 Å². The van der Waals surface area contributed by atoms with Gasteiger partial charge < -0.3 is 10.0 Å². The molecule has 1 saturated heterocycles. The van der Waals surface area contributed by atoms with E-state index in [2.05, 4.69) is 0 Å². The fraction of sp³-hybridized carbons (Fsp3) is 0.429. The third-order valence-electron chi connectivity index (χ3n) is 3.46. The normalized spacial score (nSPS) is 17.6. The summed E-state index contributed by atoms with van der Waals surface area (Å²) in [5.41, 5.74) is 0.950. The first-order valence-corrected chi connectivity index (χ1v) is 6.69. The van der Waals surface area contributed by atoms with E-state index in [4.69, 9.17) is 16.7 Å². The summed E-state index contributed by atoms with van der Waals surface area (Å²) in [6.07, 6.45) is 1.51. The highest BCUT2D eigenvalue weighted by molar-refractivity contribution is 6.31. The van der Waals surface area contributed by atoms with Crippen LogP contribution in [0.25, 0.3) is 0 Å². The lowest BCUT2D eigenvalue weighted by molar-refractivity contribution is -0.141. The largest absolute Gasteiger partial charge is 0.481 e. The number of carboxylic acid groups (broad SMARTS) is 1. The third kappa shape index (κ3) is 4.12. The number of rotatable bonds is 4. The predicted molar refractivity (Wildman–Crippen MR) is 79.3 cm³/mol. The maximum atomic E-state index is 12.0. The van der Waals surface area contributed by atoms with Crippen LogP contribution in [-0.4, -0.2) is 35.0 Å². The summed E-state index contributed by atoms with van der Waals surface area (Å²) in [5, 5.41) is 9.57. The number of hydrogen-bond acceptors (Lipinski definition) is 2. The Kier molecular flexibility index (Phi) is 6.30. The molecule has 0 spiro atoms. The lowest BCUT2D eigenvalue weighted by Gasteiger charge is -2.15. The Morgan fingerprint density at radius 3 is 2.65 bits per heavy atom. The highest BCUT2D eigenvalue weighted by Gasteiger charge is 2.30. The van der Waals surface area contributed by atoms with Crippen molar-refractivity contribution < 1.29 is 14.7 Å². The number of amides is 1. The van der Waals surface area contributed by atoms with Gasteiger partial charge in [-0.3, -0.25) is 9.59 Å². The maximum absolute atomic E-state index is 12.0. The van der Waals surface area contributed by atoms with E-state index in [9.17, 15) is 9.59 Å². The summed E-state index contributed by atoms with van der Waals surface area (Å²) in [7, 11) is 0. The molecular weight excluding hydrogens is 301 g/mol. The molecular formula is C14H17Cl2NO3. The van der Waals surface area contributed by atoms with E-state index in [-0.39, 0.29) is 18.3 Å². The smallest absolute Gasteiger partial charge is 0.308 e. The lowest BCUT2D eigenvalue weighted by Crippen LogP contribution is -2.30. The SMILES string of the molecule is Cl.O=C(O)C1CCN(C(=O)CCc2ccccc2Cl)C1. The molecule has 0 bridgehead atoms. The maximum Gasteiger partial charge on any atom is 0.308 e. The first kappa shape index (κ1) is 16.8. The molecule has 20 heavy (non-hydrogen) atoms. The molecule has 1 atom stereocenters. The molecule has 1 fully saturated rings. The number of aliphatic carboxylic acids is 1. The zero-order valence-corrected chi connectivity index (χ0v) is 12.5. The molecule has 0 aromatic heterocycles. The van der Waals surface area contributed by atoms with Crippen LogP contribution in [0, 0.1) is 5.92 Å². The molecule has 1 N–H and O–H groups in total. The van der Waals surface area contributed by atoms with Crippen LogP contribution in [-0.2, 0) is 16.0 Å². The van der Waals surface area contributed by atoms with Crippen molar-refractivity contribution in [2.45, 2.75) is 19.3 Å². The van der Waals surface area contributed by atoms with Crippen LogP contribution in [0.4, 0.5) is 0 Å². The Bertz CT molecular complexity index is 493. The number of aryl methyl sites for hydroxylation is 1. The van der Waals surface area contributed by atoms with Crippen LogP contribution in [0.2, 0.25) is 5.02 Å². The van der Waals surface area contributed by atoms with Crippen LogP contribution < -0.4 is 0 Å². The molecule has 110 valence electrons. The molecule has 0 radical (unpaired) electrons. The monoisotopic (exact) mass is 317 g/mol. The second-order valence-electron chi connectivity index (χ2n) is 4.75. The molecule has 1 aliphatic heterocycles. The summed E-state index contributed by atoms with van der Waals surface area (Å²) in [6, 6.07) is 7.45. The first-order chi connectivity index (χ1) is 9.08. The third-order valence-corrected chi connectivity index (χ3v) is 3.82. The van der Waals surface area contributed by atoms with Crippen LogP contribution in [0.15, 0.2) is 24.3 Å². The van der Waals surface area contributed by atoms with Gasteiger partial charge >= 0.3 is 5.97 Å². The molecule has 1 aromatic rings. The van der Waals surface area contributed by atoms with Gasteiger partial charge in [-0.1, -0.05) is 29.8 Å². The molecule has 1 unspecified atom stereocenters. The first-order valence-electron chi connectivity index (χ1n) is 6.32. The van der Waals surface area contributed by atoms with Crippen LogP contribution >= 0.6 is 24.0 Å². The second kappa shape index (κ2) is 7.50. The van der Waals surface area contributed by atoms with Gasteiger partial charge in [-0.2, -0.15) is 0 Å². The summed E-state index contributed by atoms with van der Waals surface area (Å²) in [5.74, 6) is -1.23. The molecule has 1 heterocycles. The minimum atomic E-state index is -0.818. The van der Waals surface area contributed by atoms with Crippen molar-refractivity contribution in [1.29, 1.82) is 0 Å². The number of halogens is 2. The Labute approximate surface area is 129 Å². The Hall–Kier alpha value is -1.26. The Morgan fingerprint density at radius 2 is 2.05 bits per heavy atom. The quantitative estimate of drug-likeness (QED) is 0.928. The molecule has 1 aromatic carbocycles. The number of likely N-dealkylation sites (tertiary alicyclic amines) is 1. The molecule has 2 rings (SSSR count). The van der Waals surface area contributed by atoms with Gasteiger partial charge in [0.05, 0.1) is 5.92 Å². The summed E-state index contributed by atoms with van der Waals surface area (Å²) in [4.78, 5) is 24.5. The molecule has 1 aliphatic rings. The summed E-state index contributed by atoms with van der Waals surface area (Å²) < 4.78 is 0. The minimum absolute atomic E-state index is 0. The van der Waals surface area contributed by atoms with Crippen molar-refractivity contribution in [3.05, 3.63) is 34.9 Å². The van der Waals surface area contributed by atoms with Gasteiger partial charge in [0, 0.05) is 24.5 Å². The Balaban J connectivity index is 0.00000200. The van der Waals surface area contributed by atoms with Gasteiger partial charge in [-0.25, -0.2) is 0 Å². The van der Waals surface area contributed by atoms with Crippen LogP contribution in [0.5, 0.6) is 0 Å². The van der Waals surface area contributed by atoms with Crippen LogP contribution in [0.3, 0.4) is 0 Å². The van der Waals surface area contributed by atoms with Gasteiger partial charge in [0.2, 0.25) is 5.91 Å². The zero-order valence-electron chi connectivity index (χ0n) is 10.9. The van der Waals surface area contributed by atoms with Crippen molar-refractivity contribution in [1.82, 2.24) is 4.90 Å². The van der Waals surface area contributed by atoms with Crippen molar-refractivity contribution in [2.75, 3.05) is 13.1 Å². The van der Waals surface area contributed by atoms with Gasteiger partial charge in [-0.15, -0.1) is 12.4 Å². The molecule has 4 nitrogen and oxygen atoms in total. The van der Waals surface area contributed by atoms with Gasteiger partial charge in [0.15, 0.2) is 0 Å². The fourth-order valence-electron chi connectivity index (χ4n) is 2.29. The number of carbonyl (C=O) groups excluding carboxylic acids is 1.